The Morgan fingerprint density at radius 3 is 2.46 bits per heavy atom. The average Bonchev–Trinajstić information content (AvgIpc) is 2.55. The Morgan fingerprint density at radius 1 is 1.12 bits per heavy atom. The first-order chi connectivity index (χ1) is 11.5. The second kappa shape index (κ2) is 9.22. The number of hydrogen-bond donors (Lipinski definition) is 0. The van der Waals surface area contributed by atoms with Crippen LogP contribution in [-0.2, 0) is 6.54 Å². The van der Waals surface area contributed by atoms with Crippen LogP contribution in [0.2, 0.25) is 0 Å². The van der Waals surface area contributed by atoms with Gasteiger partial charge in [-0.3, -0.25) is 0 Å². The van der Waals surface area contributed by atoms with Crippen molar-refractivity contribution in [2.45, 2.75) is 53.5 Å². The van der Waals surface area contributed by atoms with Crippen LogP contribution in [-0.4, -0.2) is 18.5 Å². The minimum Gasteiger partial charge on any atom is -0.302 e. The molecule has 1 aromatic rings. The van der Waals surface area contributed by atoms with Crippen molar-refractivity contribution in [3.8, 4) is 0 Å². The first-order valence-electron chi connectivity index (χ1n) is 9.58. The van der Waals surface area contributed by atoms with E-state index in [1.165, 1.54) is 42.5 Å². The molecule has 1 nitrogen and oxygen atoms in total. The molecule has 1 aliphatic rings. The van der Waals surface area contributed by atoms with Crippen LogP contribution in [0.15, 0.2) is 48.1 Å². The zero-order chi connectivity index (χ0) is 17.5. The van der Waals surface area contributed by atoms with Crippen LogP contribution < -0.4 is 0 Å². The number of hydrogen-bond acceptors (Lipinski definition) is 1. The van der Waals surface area contributed by atoms with Gasteiger partial charge in [-0.25, -0.2) is 0 Å². The minimum atomic E-state index is 0.689. The van der Waals surface area contributed by atoms with Crippen molar-refractivity contribution in [3.63, 3.8) is 0 Å². The minimum absolute atomic E-state index is 0.689. The predicted molar refractivity (Wildman–Crippen MR) is 106 cm³/mol. The van der Waals surface area contributed by atoms with Crippen molar-refractivity contribution in [2.24, 2.45) is 17.8 Å². The van der Waals surface area contributed by atoms with Gasteiger partial charge < -0.3 is 4.90 Å². The Morgan fingerprint density at radius 2 is 1.83 bits per heavy atom. The van der Waals surface area contributed by atoms with Crippen molar-refractivity contribution < 1.29 is 0 Å². The number of rotatable bonds is 8. The molecule has 0 N–H and O–H groups in total. The third-order valence-corrected chi connectivity index (χ3v) is 5.48. The fourth-order valence-corrected chi connectivity index (χ4v) is 3.70. The third kappa shape index (κ3) is 5.94. The molecule has 0 bridgehead atoms. The van der Waals surface area contributed by atoms with E-state index in [9.17, 15) is 0 Å². The Hall–Kier alpha value is -1.34. The highest BCUT2D eigenvalue weighted by molar-refractivity contribution is 5.23. The highest BCUT2D eigenvalue weighted by Gasteiger charge is 2.20. The van der Waals surface area contributed by atoms with Crippen LogP contribution in [0.5, 0.6) is 0 Å². The molecule has 0 spiro atoms. The normalized spacial score (nSPS) is 21.8. The van der Waals surface area contributed by atoms with Gasteiger partial charge in [0.2, 0.25) is 0 Å². The van der Waals surface area contributed by atoms with Gasteiger partial charge >= 0.3 is 0 Å². The summed E-state index contributed by atoms with van der Waals surface area (Å²) in [7, 11) is 2.25. The van der Waals surface area contributed by atoms with Crippen molar-refractivity contribution >= 4 is 0 Å². The molecule has 132 valence electrons. The highest BCUT2D eigenvalue weighted by atomic mass is 15.1. The van der Waals surface area contributed by atoms with Gasteiger partial charge in [-0.05, 0) is 63.6 Å². The van der Waals surface area contributed by atoms with E-state index in [0.717, 1.165) is 18.4 Å². The molecule has 3 unspecified atom stereocenters. The van der Waals surface area contributed by atoms with Gasteiger partial charge in [-0.1, -0.05) is 73.9 Å². The lowest BCUT2D eigenvalue weighted by Gasteiger charge is -2.27. The SMILES string of the molecule is CCC(CCN(C)Cc1ccc(C)cc1)CC1C=CC(C)=CC1C. The fraction of sp³-hybridized carbons (Fsp3) is 0.565. The summed E-state index contributed by atoms with van der Waals surface area (Å²) in [6, 6.07) is 8.94. The molecule has 0 aromatic heterocycles. The molecule has 0 saturated carbocycles. The third-order valence-electron chi connectivity index (χ3n) is 5.48. The lowest BCUT2D eigenvalue weighted by atomic mass is 9.80. The maximum Gasteiger partial charge on any atom is 0.0230 e. The van der Waals surface area contributed by atoms with Gasteiger partial charge in [0.25, 0.3) is 0 Å². The molecule has 1 aromatic carbocycles. The first kappa shape index (κ1) is 19.0. The average molecular weight is 326 g/mol. The maximum atomic E-state index is 2.47. The van der Waals surface area contributed by atoms with Gasteiger partial charge in [0.15, 0.2) is 0 Å². The maximum absolute atomic E-state index is 2.47. The summed E-state index contributed by atoms with van der Waals surface area (Å²) >= 11 is 0. The lowest BCUT2D eigenvalue weighted by molar-refractivity contribution is 0.265. The molecule has 3 atom stereocenters. The second-order valence-electron chi connectivity index (χ2n) is 7.81. The number of allylic oxidation sites excluding steroid dienone is 4. The monoisotopic (exact) mass is 325 g/mol. The van der Waals surface area contributed by atoms with Gasteiger partial charge in [-0.2, -0.15) is 0 Å². The Bertz CT molecular complexity index is 552. The molecule has 0 fully saturated rings. The number of nitrogens with zero attached hydrogens (tertiary/aromatic N) is 1. The van der Waals surface area contributed by atoms with Gasteiger partial charge in [0, 0.05) is 6.54 Å². The Labute approximate surface area is 149 Å². The molecule has 0 aliphatic heterocycles. The smallest absolute Gasteiger partial charge is 0.0230 e. The first-order valence-corrected chi connectivity index (χ1v) is 9.58. The molecule has 24 heavy (non-hydrogen) atoms. The molecule has 0 amide bonds. The van der Waals surface area contributed by atoms with Crippen molar-refractivity contribution in [1.29, 1.82) is 0 Å². The summed E-state index contributed by atoms with van der Waals surface area (Å²) < 4.78 is 0. The largest absolute Gasteiger partial charge is 0.302 e. The second-order valence-corrected chi connectivity index (χ2v) is 7.81. The molecule has 0 saturated heterocycles. The van der Waals surface area contributed by atoms with Gasteiger partial charge in [0.05, 0.1) is 0 Å². The quantitative estimate of drug-likeness (QED) is 0.566. The topological polar surface area (TPSA) is 3.24 Å². The molecule has 0 heterocycles. The summed E-state index contributed by atoms with van der Waals surface area (Å²) in [5, 5.41) is 0. The van der Waals surface area contributed by atoms with Crippen LogP contribution >= 0.6 is 0 Å². The summed E-state index contributed by atoms with van der Waals surface area (Å²) in [5.41, 5.74) is 4.18. The molecule has 2 rings (SSSR count). The number of aryl methyl sites for hydroxylation is 1. The highest BCUT2D eigenvalue weighted by Crippen LogP contribution is 2.30. The van der Waals surface area contributed by atoms with E-state index >= 15 is 0 Å². The molecular weight excluding hydrogens is 290 g/mol. The van der Waals surface area contributed by atoms with Crippen molar-refractivity contribution in [3.05, 3.63) is 59.2 Å². The van der Waals surface area contributed by atoms with E-state index in [0.29, 0.717) is 5.92 Å². The summed E-state index contributed by atoms with van der Waals surface area (Å²) in [6.07, 6.45) is 11.1. The molecular formula is C23H35N. The van der Waals surface area contributed by atoms with Crippen LogP contribution in [0.3, 0.4) is 0 Å². The van der Waals surface area contributed by atoms with Crippen LogP contribution in [0, 0.1) is 24.7 Å². The summed E-state index contributed by atoms with van der Waals surface area (Å²) in [5.74, 6) is 2.24. The van der Waals surface area contributed by atoms with Gasteiger partial charge in [-0.15, -0.1) is 0 Å². The van der Waals surface area contributed by atoms with Gasteiger partial charge in [0.1, 0.15) is 0 Å². The zero-order valence-electron chi connectivity index (χ0n) is 16.3. The van der Waals surface area contributed by atoms with Crippen LogP contribution in [0.25, 0.3) is 0 Å². The molecule has 0 radical (unpaired) electrons. The van der Waals surface area contributed by atoms with E-state index in [1.54, 1.807) is 0 Å². The zero-order valence-corrected chi connectivity index (χ0v) is 16.3. The van der Waals surface area contributed by atoms with Crippen molar-refractivity contribution in [2.75, 3.05) is 13.6 Å². The van der Waals surface area contributed by atoms with E-state index in [4.69, 9.17) is 0 Å². The van der Waals surface area contributed by atoms with E-state index in [1.807, 2.05) is 0 Å². The Balaban J connectivity index is 1.78. The lowest BCUT2D eigenvalue weighted by Crippen LogP contribution is -2.23. The van der Waals surface area contributed by atoms with E-state index in [2.05, 4.69) is 82.1 Å². The standard InChI is InChI=1S/C23H35N/c1-6-21(16-23-12-9-19(3)15-20(23)4)13-14-24(5)17-22-10-7-18(2)8-11-22/h7-12,15,20-21,23H,6,13-14,16-17H2,1-5H3. The van der Waals surface area contributed by atoms with Crippen molar-refractivity contribution in [1.82, 2.24) is 4.90 Å². The summed E-state index contributed by atoms with van der Waals surface area (Å²) in [4.78, 5) is 2.47. The Kier molecular flexibility index (Phi) is 7.30. The fourth-order valence-electron chi connectivity index (χ4n) is 3.70. The van der Waals surface area contributed by atoms with E-state index in [-0.39, 0.29) is 0 Å². The van der Waals surface area contributed by atoms with Crippen LogP contribution in [0.4, 0.5) is 0 Å². The van der Waals surface area contributed by atoms with E-state index < -0.39 is 0 Å². The molecule has 1 heteroatoms. The predicted octanol–water partition coefficient (Wildman–Crippen LogP) is 6.00. The summed E-state index contributed by atoms with van der Waals surface area (Å²) in [6.45, 7) is 11.3. The van der Waals surface area contributed by atoms with Crippen LogP contribution in [0.1, 0.15) is 51.2 Å². The molecule has 1 aliphatic carbocycles. The number of benzene rings is 1.